The van der Waals surface area contributed by atoms with Crippen molar-refractivity contribution in [3.63, 3.8) is 0 Å². The van der Waals surface area contributed by atoms with E-state index >= 15 is 4.79 Å². The van der Waals surface area contributed by atoms with Gasteiger partial charge in [0.25, 0.3) is 0 Å². The van der Waals surface area contributed by atoms with E-state index in [1.54, 1.807) is 0 Å². The van der Waals surface area contributed by atoms with Crippen LogP contribution in [0, 0.1) is 11.8 Å². The van der Waals surface area contributed by atoms with Crippen LogP contribution in [0.1, 0.15) is 52.8 Å². The molecular weight excluding hydrogens is 693 g/mol. The molecule has 0 aliphatic heterocycles. The van der Waals surface area contributed by atoms with E-state index in [1.807, 2.05) is 0 Å². The number of para-hydroxylation sites is 1. The number of fused-ring (bicyclic) bond motifs is 1. The fourth-order valence-corrected chi connectivity index (χ4v) is 9.88. The number of benzene rings is 7. The second-order valence-corrected chi connectivity index (χ2v) is 15.2. The summed E-state index contributed by atoms with van der Waals surface area (Å²) in [5.41, 5.74) is 7.23. The SMILES string of the molecule is CCN[C@@H](Cc1c[nH]c2ccccc12)C(=O)[C@@H]([C@@H](C)C(c1ccccc1)(c1ccccc1)c1ccccc1)C(c1ccccc1)(c1ccccc1)c1ccccc1. The van der Waals surface area contributed by atoms with Crippen molar-refractivity contribution in [3.05, 3.63) is 251 Å². The lowest BCUT2D eigenvalue weighted by Crippen LogP contribution is -2.56. The Morgan fingerprint density at radius 1 is 0.509 bits per heavy atom. The average Bonchev–Trinajstić information content (AvgIpc) is 3.70. The number of hydrogen-bond acceptors (Lipinski definition) is 2. The minimum absolute atomic E-state index is 0.179. The number of hydrogen-bond donors (Lipinski definition) is 2. The third-order valence-corrected chi connectivity index (χ3v) is 12.2. The Kier molecular flexibility index (Phi) is 11.1. The monoisotopic (exact) mass is 742 g/mol. The topological polar surface area (TPSA) is 44.9 Å². The van der Waals surface area contributed by atoms with E-state index in [9.17, 15) is 0 Å². The van der Waals surface area contributed by atoms with Crippen LogP contribution in [0.4, 0.5) is 0 Å². The van der Waals surface area contributed by atoms with Gasteiger partial charge in [-0.25, -0.2) is 0 Å². The Bertz CT molecular complexity index is 2290. The number of ketones is 1. The van der Waals surface area contributed by atoms with Crippen LogP contribution in [0.3, 0.4) is 0 Å². The molecule has 0 fully saturated rings. The summed E-state index contributed by atoms with van der Waals surface area (Å²) < 4.78 is 0. The van der Waals surface area contributed by atoms with Gasteiger partial charge in [-0.1, -0.05) is 214 Å². The van der Waals surface area contributed by atoms with Crippen LogP contribution in [0.25, 0.3) is 10.9 Å². The predicted octanol–water partition coefficient (Wildman–Crippen LogP) is 11.6. The summed E-state index contributed by atoms with van der Waals surface area (Å²) in [6, 6.07) is 72.8. The number of H-pyrrole nitrogens is 1. The van der Waals surface area contributed by atoms with Crippen molar-refractivity contribution in [2.45, 2.75) is 37.1 Å². The van der Waals surface area contributed by atoms with Gasteiger partial charge in [0, 0.05) is 28.4 Å². The number of rotatable bonds is 15. The van der Waals surface area contributed by atoms with Gasteiger partial charge in [-0.3, -0.25) is 4.79 Å². The second kappa shape index (κ2) is 16.8. The van der Waals surface area contributed by atoms with E-state index in [0.717, 1.165) is 49.8 Å². The molecule has 3 nitrogen and oxygen atoms in total. The molecule has 0 aliphatic carbocycles. The van der Waals surface area contributed by atoms with Crippen LogP contribution in [0.15, 0.2) is 212 Å². The molecule has 0 radical (unpaired) electrons. The molecule has 0 spiro atoms. The molecule has 0 bridgehead atoms. The number of carbonyl (C=O) groups excluding carboxylic acids is 1. The van der Waals surface area contributed by atoms with E-state index in [4.69, 9.17) is 0 Å². The highest BCUT2D eigenvalue weighted by Gasteiger charge is 2.57. The zero-order valence-electron chi connectivity index (χ0n) is 32.8. The molecule has 1 aromatic heterocycles. The Labute approximate surface area is 337 Å². The van der Waals surface area contributed by atoms with Crippen molar-refractivity contribution in [2.24, 2.45) is 11.8 Å². The number of aromatic nitrogens is 1. The molecule has 7 aromatic carbocycles. The second-order valence-electron chi connectivity index (χ2n) is 15.2. The van der Waals surface area contributed by atoms with Gasteiger partial charge in [0.05, 0.1) is 11.5 Å². The molecule has 3 atom stereocenters. The summed E-state index contributed by atoms with van der Waals surface area (Å²) in [5.74, 6) is -0.722. The summed E-state index contributed by atoms with van der Waals surface area (Å²) in [7, 11) is 0. The molecule has 8 aromatic rings. The van der Waals surface area contributed by atoms with E-state index in [-0.39, 0.29) is 11.7 Å². The number of nitrogens with one attached hydrogen (secondary N) is 2. The fourth-order valence-electron chi connectivity index (χ4n) is 9.88. The van der Waals surface area contributed by atoms with Crippen LogP contribution >= 0.6 is 0 Å². The summed E-state index contributed by atoms with van der Waals surface area (Å²) >= 11 is 0. The highest BCUT2D eigenvalue weighted by atomic mass is 16.1. The zero-order valence-corrected chi connectivity index (χ0v) is 32.8. The maximum atomic E-state index is 16.8. The number of carbonyl (C=O) groups is 1. The van der Waals surface area contributed by atoms with E-state index < -0.39 is 22.8 Å². The van der Waals surface area contributed by atoms with Gasteiger partial charge in [0.2, 0.25) is 0 Å². The van der Waals surface area contributed by atoms with Gasteiger partial charge in [-0.05, 0) is 63.9 Å². The van der Waals surface area contributed by atoms with Crippen LogP contribution in [0.5, 0.6) is 0 Å². The average molecular weight is 743 g/mol. The Hall–Kier alpha value is -6.29. The lowest BCUT2D eigenvalue weighted by Gasteiger charge is -2.52. The first-order chi connectivity index (χ1) is 28.1. The lowest BCUT2D eigenvalue weighted by molar-refractivity contribution is -0.128. The third-order valence-electron chi connectivity index (χ3n) is 12.2. The maximum absolute atomic E-state index is 16.8. The molecule has 8 rings (SSSR count). The molecule has 3 heteroatoms. The summed E-state index contributed by atoms with van der Waals surface area (Å²) in [5, 5.41) is 4.90. The van der Waals surface area contributed by atoms with Crippen LogP contribution in [-0.2, 0) is 22.0 Å². The molecule has 1 heterocycles. The van der Waals surface area contributed by atoms with Crippen LogP contribution in [-0.4, -0.2) is 23.4 Å². The van der Waals surface area contributed by atoms with Crippen molar-refractivity contribution in [1.82, 2.24) is 10.3 Å². The molecule has 57 heavy (non-hydrogen) atoms. The minimum Gasteiger partial charge on any atom is -0.361 e. The fraction of sp³-hybridized carbons (Fsp3) is 0.167. The predicted molar refractivity (Wildman–Crippen MR) is 236 cm³/mol. The Morgan fingerprint density at radius 2 is 0.860 bits per heavy atom. The van der Waals surface area contributed by atoms with Gasteiger partial charge in [-0.15, -0.1) is 0 Å². The van der Waals surface area contributed by atoms with Crippen LogP contribution in [0.2, 0.25) is 0 Å². The molecule has 0 amide bonds. The number of Topliss-reactive ketones (excluding diaryl/α,β-unsaturated/α-hetero) is 1. The van der Waals surface area contributed by atoms with Gasteiger partial charge >= 0.3 is 0 Å². The summed E-state index contributed by atoms with van der Waals surface area (Å²) in [6.45, 7) is 5.10. The van der Waals surface area contributed by atoms with Crippen molar-refractivity contribution < 1.29 is 4.79 Å². The van der Waals surface area contributed by atoms with Crippen molar-refractivity contribution in [1.29, 1.82) is 0 Å². The quantitative estimate of drug-likeness (QED) is 0.103. The molecule has 0 saturated carbocycles. The normalized spacial score (nSPS) is 13.5. The molecule has 2 N–H and O–H groups in total. The van der Waals surface area contributed by atoms with Crippen molar-refractivity contribution >= 4 is 16.7 Å². The maximum Gasteiger partial charge on any atom is 0.155 e. The van der Waals surface area contributed by atoms with Gasteiger partial charge < -0.3 is 10.3 Å². The van der Waals surface area contributed by atoms with Gasteiger partial charge in [0.15, 0.2) is 5.78 Å². The standard InChI is InChI=1S/C54H50N2O/c1-3-55-50(38-41-39-56-49-37-23-22-36-48(41)49)52(57)51(54(45-30-16-7-17-31-45,46-32-18-8-19-33-46)47-34-20-9-21-35-47)40(2)53(42-24-10-4-11-25-42,43-26-12-5-13-27-43)44-28-14-6-15-29-44/h4-37,39-40,50-51,55-56H,3,38H2,1-2H3/t40-,50+,51-/m1/s1. The molecule has 0 saturated heterocycles. The number of aromatic amines is 1. The Balaban J connectivity index is 1.50. The zero-order chi connectivity index (χ0) is 39.1. The Morgan fingerprint density at radius 3 is 1.25 bits per heavy atom. The molecule has 0 aliphatic rings. The summed E-state index contributed by atoms with van der Waals surface area (Å²) in [6.07, 6.45) is 2.63. The molecule has 282 valence electrons. The van der Waals surface area contributed by atoms with E-state index in [1.165, 1.54) is 0 Å². The first kappa shape index (κ1) is 37.6. The lowest BCUT2D eigenvalue weighted by atomic mass is 9.49. The highest BCUT2D eigenvalue weighted by Crippen LogP contribution is 2.56. The first-order valence-electron chi connectivity index (χ1n) is 20.2. The highest BCUT2D eigenvalue weighted by molar-refractivity contribution is 5.92. The van der Waals surface area contributed by atoms with E-state index in [2.05, 4.69) is 237 Å². The van der Waals surface area contributed by atoms with Gasteiger partial charge in [-0.2, -0.15) is 0 Å². The molecular formula is C54H50N2O. The minimum atomic E-state index is -0.905. The van der Waals surface area contributed by atoms with Crippen molar-refractivity contribution in [3.8, 4) is 0 Å². The van der Waals surface area contributed by atoms with Gasteiger partial charge in [0.1, 0.15) is 0 Å². The van der Waals surface area contributed by atoms with Crippen molar-refractivity contribution in [2.75, 3.05) is 6.54 Å². The van der Waals surface area contributed by atoms with Crippen LogP contribution < -0.4 is 5.32 Å². The number of likely N-dealkylation sites (N-methyl/N-ethyl adjacent to an activating group) is 1. The van der Waals surface area contributed by atoms with E-state index in [0.29, 0.717) is 13.0 Å². The smallest absolute Gasteiger partial charge is 0.155 e. The largest absolute Gasteiger partial charge is 0.361 e. The molecule has 0 unspecified atom stereocenters. The summed E-state index contributed by atoms with van der Waals surface area (Å²) in [4.78, 5) is 20.3. The first-order valence-corrected chi connectivity index (χ1v) is 20.2. The third kappa shape index (κ3) is 6.83.